The third-order valence-corrected chi connectivity index (χ3v) is 3.49. The Morgan fingerprint density at radius 1 is 1.21 bits per heavy atom. The molecule has 0 aliphatic heterocycles. The van der Waals surface area contributed by atoms with E-state index in [-0.39, 0.29) is 6.04 Å². The van der Waals surface area contributed by atoms with E-state index in [1.807, 2.05) is 47.3 Å². The topological polar surface area (TPSA) is 30.7 Å². The first-order chi connectivity index (χ1) is 9.31. The zero-order valence-electron chi connectivity index (χ0n) is 10.3. The molecule has 0 aliphatic rings. The Hall–Kier alpha value is -1.87. The quantitative estimate of drug-likeness (QED) is 0.723. The molecule has 95 valence electrons. The van der Waals surface area contributed by atoms with E-state index >= 15 is 0 Å². The summed E-state index contributed by atoms with van der Waals surface area (Å²) in [6, 6.07) is 12.0. The Morgan fingerprint density at radius 2 is 2.05 bits per heavy atom. The number of para-hydroxylation sites is 1. The van der Waals surface area contributed by atoms with Crippen LogP contribution in [-0.4, -0.2) is 14.8 Å². The fraction of sp³-hybridized carbons (Fsp3) is 0.133. The molecule has 2 aromatic heterocycles. The zero-order valence-corrected chi connectivity index (χ0v) is 11.1. The summed E-state index contributed by atoms with van der Waals surface area (Å²) in [5.41, 5.74) is 2.10. The largest absolute Gasteiger partial charge is 0.264 e. The monoisotopic (exact) mass is 270 g/mol. The number of fused-ring (bicyclic) bond motifs is 1. The van der Waals surface area contributed by atoms with Gasteiger partial charge in [-0.05, 0) is 30.2 Å². The fourth-order valence-electron chi connectivity index (χ4n) is 2.29. The van der Waals surface area contributed by atoms with E-state index < -0.39 is 0 Å². The van der Waals surface area contributed by atoms with Gasteiger partial charge >= 0.3 is 0 Å². The number of benzene rings is 1. The molecule has 3 aromatic rings. The molecule has 1 radical (unpaired) electrons. The number of rotatable bonds is 3. The molecule has 1 unspecified atom stereocenters. The SMILES string of the molecule is [CH2]CC(c1cccnc1)n1nc(Cl)c2ccccc21. The molecular weight excluding hydrogens is 258 g/mol. The van der Waals surface area contributed by atoms with Crippen LogP contribution in [0.1, 0.15) is 18.0 Å². The minimum Gasteiger partial charge on any atom is -0.264 e. The number of hydrogen-bond donors (Lipinski definition) is 0. The summed E-state index contributed by atoms with van der Waals surface area (Å²) in [6.07, 6.45) is 4.30. The van der Waals surface area contributed by atoms with Crippen molar-refractivity contribution in [1.29, 1.82) is 0 Å². The van der Waals surface area contributed by atoms with Gasteiger partial charge in [0.15, 0.2) is 5.15 Å². The van der Waals surface area contributed by atoms with Gasteiger partial charge in [-0.1, -0.05) is 36.7 Å². The molecule has 4 heteroatoms. The van der Waals surface area contributed by atoms with Crippen LogP contribution in [0.25, 0.3) is 10.9 Å². The maximum absolute atomic E-state index is 6.20. The highest BCUT2D eigenvalue weighted by molar-refractivity contribution is 6.34. The third kappa shape index (κ3) is 2.10. The molecule has 1 atom stereocenters. The van der Waals surface area contributed by atoms with E-state index in [4.69, 9.17) is 11.6 Å². The maximum atomic E-state index is 6.20. The Bertz CT molecular complexity index is 691. The van der Waals surface area contributed by atoms with Crippen molar-refractivity contribution in [2.45, 2.75) is 12.5 Å². The predicted octanol–water partition coefficient (Wildman–Crippen LogP) is 3.90. The van der Waals surface area contributed by atoms with Crippen LogP contribution in [0.3, 0.4) is 0 Å². The fourth-order valence-corrected chi connectivity index (χ4v) is 2.53. The van der Waals surface area contributed by atoms with Crippen LogP contribution < -0.4 is 0 Å². The molecule has 0 amide bonds. The lowest BCUT2D eigenvalue weighted by Gasteiger charge is -2.16. The standard InChI is InChI=1S/C15H13ClN3/c1-2-13(11-6-5-9-17-10-11)19-14-8-4-3-7-12(14)15(16)18-19/h3-10,13H,1-2H2. The lowest BCUT2D eigenvalue weighted by Crippen LogP contribution is -2.11. The summed E-state index contributed by atoms with van der Waals surface area (Å²) >= 11 is 6.20. The van der Waals surface area contributed by atoms with Crippen LogP contribution in [0.15, 0.2) is 48.8 Å². The average molecular weight is 271 g/mol. The second-order valence-electron chi connectivity index (χ2n) is 4.34. The van der Waals surface area contributed by atoms with Crippen LogP contribution in [0.5, 0.6) is 0 Å². The van der Waals surface area contributed by atoms with Crippen molar-refractivity contribution >= 4 is 22.5 Å². The number of nitrogens with zero attached hydrogens (tertiary/aromatic N) is 3. The van der Waals surface area contributed by atoms with Gasteiger partial charge in [0.05, 0.1) is 11.6 Å². The third-order valence-electron chi connectivity index (χ3n) is 3.21. The predicted molar refractivity (Wildman–Crippen MR) is 77.1 cm³/mol. The van der Waals surface area contributed by atoms with Gasteiger partial charge in [-0.25, -0.2) is 0 Å². The molecule has 19 heavy (non-hydrogen) atoms. The van der Waals surface area contributed by atoms with Gasteiger partial charge in [-0.15, -0.1) is 0 Å². The van der Waals surface area contributed by atoms with Crippen molar-refractivity contribution in [2.75, 3.05) is 0 Å². The molecule has 0 saturated heterocycles. The van der Waals surface area contributed by atoms with E-state index in [9.17, 15) is 0 Å². The first-order valence-corrected chi connectivity index (χ1v) is 6.51. The van der Waals surface area contributed by atoms with Crippen LogP contribution in [0.4, 0.5) is 0 Å². The summed E-state index contributed by atoms with van der Waals surface area (Å²) in [5, 5.41) is 5.94. The maximum Gasteiger partial charge on any atom is 0.158 e. The molecule has 3 nitrogen and oxygen atoms in total. The average Bonchev–Trinajstić information content (AvgIpc) is 2.79. The van der Waals surface area contributed by atoms with Gasteiger partial charge in [-0.2, -0.15) is 5.10 Å². The lowest BCUT2D eigenvalue weighted by molar-refractivity contribution is 0.543. The van der Waals surface area contributed by atoms with Crippen molar-refractivity contribution in [3.63, 3.8) is 0 Å². The Labute approximate surface area is 116 Å². The highest BCUT2D eigenvalue weighted by Gasteiger charge is 2.17. The summed E-state index contributed by atoms with van der Waals surface area (Å²) in [7, 11) is 0. The van der Waals surface area contributed by atoms with Gasteiger partial charge in [-0.3, -0.25) is 9.67 Å². The van der Waals surface area contributed by atoms with Crippen LogP contribution in [0, 0.1) is 6.92 Å². The molecule has 0 aliphatic carbocycles. The van der Waals surface area contributed by atoms with Crippen LogP contribution in [-0.2, 0) is 0 Å². The molecule has 0 fully saturated rings. The van der Waals surface area contributed by atoms with Crippen LogP contribution >= 0.6 is 11.6 Å². The minimum absolute atomic E-state index is 0.0473. The second-order valence-corrected chi connectivity index (χ2v) is 4.70. The zero-order chi connectivity index (χ0) is 13.2. The molecule has 2 heterocycles. The van der Waals surface area contributed by atoms with Gasteiger partial charge in [0, 0.05) is 17.8 Å². The van der Waals surface area contributed by atoms with E-state index in [0.29, 0.717) is 11.6 Å². The molecule has 1 aromatic carbocycles. The normalized spacial score (nSPS) is 12.7. The smallest absolute Gasteiger partial charge is 0.158 e. The van der Waals surface area contributed by atoms with Gasteiger partial charge in [0.25, 0.3) is 0 Å². The van der Waals surface area contributed by atoms with Gasteiger partial charge in [0.2, 0.25) is 0 Å². The van der Waals surface area contributed by atoms with Crippen molar-refractivity contribution < 1.29 is 0 Å². The molecular formula is C15H13ClN3. The number of halogens is 1. The molecule has 3 rings (SSSR count). The highest BCUT2D eigenvalue weighted by Crippen LogP contribution is 2.29. The molecule has 0 spiro atoms. The van der Waals surface area contributed by atoms with Gasteiger partial charge < -0.3 is 0 Å². The van der Waals surface area contributed by atoms with Crippen molar-refractivity contribution in [2.24, 2.45) is 0 Å². The lowest BCUT2D eigenvalue weighted by atomic mass is 10.1. The Morgan fingerprint density at radius 3 is 2.79 bits per heavy atom. The van der Waals surface area contributed by atoms with E-state index in [1.165, 1.54) is 0 Å². The summed E-state index contributed by atoms with van der Waals surface area (Å²) in [4.78, 5) is 4.16. The van der Waals surface area contributed by atoms with E-state index in [0.717, 1.165) is 16.5 Å². The summed E-state index contributed by atoms with van der Waals surface area (Å²) in [5.74, 6) is 0. The van der Waals surface area contributed by atoms with E-state index in [2.05, 4.69) is 17.0 Å². The number of hydrogen-bond acceptors (Lipinski definition) is 2. The molecule has 0 saturated carbocycles. The van der Waals surface area contributed by atoms with Crippen molar-refractivity contribution in [3.8, 4) is 0 Å². The minimum atomic E-state index is 0.0473. The first kappa shape index (κ1) is 12.2. The summed E-state index contributed by atoms with van der Waals surface area (Å²) in [6.45, 7) is 4.02. The van der Waals surface area contributed by atoms with Crippen molar-refractivity contribution in [3.05, 3.63) is 66.4 Å². The number of aromatic nitrogens is 3. The molecule has 0 bridgehead atoms. The van der Waals surface area contributed by atoms with E-state index in [1.54, 1.807) is 6.20 Å². The second kappa shape index (κ2) is 5.02. The Kier molecular flexibility index (Phi) is 3.22. The van der Waals surface area contributed by atoms with Crippen LogP contribution in [0.2, 0.25) is 5.15 Å². The van der Waals surface area contributed by atoms with Crippen molar-refractivity contribution in [1.82, 2.24) is 14.8 Å². The Balaban J connectivity index is 2.17. The highest BCUT2D eigenvalue weighted by atomic mass is 35.5. The number of pyridine rings is 1. The van der Waals surface area contributed by atoms with Gasteiger partial charge in [0.1, 0.15) is 0 Å². The summed E-state index contributed by atoms with van der Waals surface area (Å²) < 4.78 is 1.93. The molecule has 0 N–H and O–H groups in total. The first-order valence-electron chi connectivity index (χ1n) is 6.13.